The first-order valence-electron chi connectivity index (χ1n) is 7.68. The van der Waals surface area contributed by atoms with Crippen molar-refractivity contribution in [3.05, 3.63) is 28.8 Å². The third kappa shape index (κ3) is 4.35. The van der Waals surface area contributed by atoms with Crippen molar-refractivity contribution >= 4 is 17.3 Å². The Labute approximate surface area is 133 Å². The van der Waals surface area contributed by atoms with E-state index >= 15 is 0 Å². The summed E-state index contributed by atoms with van der Waals surface area (Å²) in [6.07, 6.45) is 0.253. The molecule has 118 valence electrons. The van der Waals surface area contributed by atoms with Crippen molar-refractivity contribution in [3.8, 4) is 0 Å². The van der Waals surface area contributed by atoms with Gasteiger partial charge in [-0.05, 0) is 46.8 Å². The topological polar surface area (TPSA) is 24.5 Å². The van der Waals surface area contributed by atoms with E-state index in [0.29, 0.717) is 6.04 Å². The number of morpholine rings is 1. The van der Waals surface area contributed by atoms with Crippen LogP contribution in [0.15, 0.2) is 18.2 Å². The number of nitrogens with zero attached hydrogens (tertiary/aromatic N) is 1. The molecule has 1 aliphatic rings. The fourth-order valence-corrected chi connectivity index (χ4v) is 2.82. The average Bonchev–Trinajstić information content (AvgIpc) is 2.39. The molecule has 1 aromatic carbocycles. The van der Waals surface area contributed by atoms with Crippen LogP contribution in [0, 0.1) is 0 Å². The van der Waals surface area contributed by atoms with Crippen LogP contribution in [0.4, 0.5) is 5.69 Å². The third-order valence-electron chi connectivity index (χ3n) is 3.81. The molecule has 0 amide bonds. The van der Waals surface area contributed by atoms with Crippen LogP contribution in [0.1, 0.15) is 40.2 Å². The summed E-state index contributed by atoms with van der Waals surface area (Å²) < 4.78 is 5.74. The van der Waals surface area contributed by atoms with E-state index in [0.717, 1.165) is 24.7 Å². The zero-order valence-corrected chi connectivity index (χ0v) is 14.5. The zero-order chi connectivity index (χ0) is 15.6. The molecule has 1 aliphatic heterocycles. The van der Waals surface area contributed by atoms with Crippen molar-refractivity contribution in [2.75, 3.05) is 18.1 Å². The Morgan fingerprint density at radius 3 is 2.71 bits per heavy atom. The molecular weight excluding hydrogens is 284 g/mol. The summed E-state index contributed by atoms with van der Waals surface area (Å²) in [6, 6.07) is 6.54. The molecule has 1 saturated heterocycles. The van der Waals surface area contributed by atoms with E-state index in [1.54, 1.807) is 0 Å². The van der Waals surface area contributed by atoms with E-state index in [1.807, 2.05) is 12.1 Å². The Balaban J connectivity index is 2.28. The quantitative estimate of drug-likeness (QED) is 0.918. The summed E-state index contributed by atoms with van der Waals surface area (Å²) in [5, 5.41) is 4.37. The molecule has 0 radical (unpaired) electrons. The molecule has 0 aromatic heterocycles. The van der Waals surface area contributed by atoms with Crippen molar-refractivity contribution in [2.45, 2.75) is 58.8 Å². The van der Waals surface area contributed by atoms with Crippen molar-refractivity contribution in [1.29, 1.82) is 0 Å². The predicted octanol–water partition coefficient (Wildman–Crippen LogP) is 3.84. The number of hydrogen-bond acceptors (Lipinski definition) is 3. The molecule has 3 nitrogen and oxygen atoms in total. The van der Waals surface area contributed by atoms with Gasteiger partial charge in [0.1, 0.15) is 0 Å². The van der Waals surface area contributed by atoms with Crippen LogP contribution in [-0.4, -0.2) is 30.8 Å². The summed E-state index contributed by atoms with van der Waals surface area (Å²) in [4.78, 5) is 2.42. The van der Waals surface area contributed by atoms with E-state index < -0.39 is 0 Å². The molecule has 1 aromatic rings. The highest BCUT2D eigenvalue weighted by Crippen LogP contribution is 2.31. The van der Waals surface area contributed by atoms with Crippen LogP contribution in [0.3, 0.4) is 0 Å². The van der Waals surface area contributed by atoms with Crippen molar-refractivity contribution in [1.82, 2.24) is 5.32 Å². The van der Waals surface area contributed by atoms with Crippen molar-refractivity contribution < 1.29 is 4.74 Å². The van der Waals surface area contributed by atoms with Gasteiger partial charge in [0.05, 0.1) is 12.7 Å². The second kappa shape index (κ2) is 6.55. The normalized spacial score (nSPS) is 23.4. The maximum atomic E-state index is 6.46. The highest BCUT2D eigenvalue weighted by Gasteiger charge is 2.26. The highest BCUT2D eigenvalue weighted by atomic mass is 35.5. The molecule has 4 heteroatoms. The lowest BCUT2D eigenvalue weighted by atomic mass is 10.1. The number of ether oxygens (including phenoxy) is 1. The second-order valence-corrected chi connectivity index (χ2v) is 7.39. The van der Waals surface area contributed by atoms with Gasteiger partial charge in [-0.25, -0.2) is 0 Å². The molecule has 21 heavy (non-hydrogen) atoms. The molecule has 0 spiro atoms. The molecule has 2 atom stereocenters. The Kier molecular flexibility index (Phi) is 5.18. The average molecular weight is 311 g/mol. The van der Waals surface area contributed by atoms with E-state index in [2.05, 4.69) is 50.9 Å². The van der Waals surface area contributed by atoms with Crippen molar-refractivity contribution in [3.63, 3.8) is 0 Å². The van der Waals surface area contributed by atoms with Gasteiger partial charge >= 0.3 is 0 Å². The van der Waals surface area contributed by atoms with Crippen LogP contribution in [0.2, 0.25) is 5.02 Å². The zero-order valence-electron chi connectivity index (χ0n) is 13.7. The Bertz CT molecular complexity index is 484. The van der Waals surface area contributed by atoms with Gasteiger partial charge in [0.25, 0.3) is 0 Å². The van der Waals surface area contributed by atoms with Gasteiger partial charge in [0, 0.05) is 40.9 Å². The first-order valence-corrected chi connectivity index (χ1v) is 8.06. The predicted molar refractivity (Wildman–Crippen MR) is 90.3 cm³/mol. The number of benzene rings is 1. The fourth-order valence-electron chi connectivity index (χ4n) is 2.58. The summed E-state index contributed by atoms with van der Waals surface area (Å²) in [5.41, 5.74) is 2.47. The third-order valence-corrected chi connectivity index (χ3v) is 4.16. The minimum absolute atomic E-state index is 0.0698. The van der Waals surface area contributed by atoms with Gasteiger partial charge in [0.15, 0.2) is 0 Å². The summed E-state index contributed by atoms with van der Waals surface area (Å²) >= 11 is 6.46. The summed E-state index contributed by atoms with van der Waals surface area (Å²) in [5.74, 6) is 0. The van der Waals surface area contributed by atoms with Gasteiger partial charge < -0.3 is 15.0 Å². The fraction of sp³-hybridized carbons (Fsp3) is 0.647. The Hall–Kier alpha value is -0.770. The lowest BCUT2D eigenvalue weighted by Crippen LogP contribution is -2.48. The van der Waals surface area contributed by atoms with E-state index in [-0.39, 0.29) is 11.6 Å². The number of halogens is 1. The number of rotatable bonds is 3. The molecule has 0 bridgehead atoms. The minimum Gasteiger partial charge on any atom is -0.375 e. The monoisotopic (exact) mass is 310 g/mol. The smallest absolute Gasteiger partial charge is 0.0723 e. The van der Waals surface area contributed by atoms with Gasteiger partial charge in [-0.15, -0.1) is 0 Å². The standard InChI is InChI=1S/C17H27ClN2O/c1-12-11-21-13(2)10-20(12)16-8-6-7-15(18)14(16)9-19-17(3,4)5/h6-8,12-13,19H,9-11H2,1-5H3. The van der Waals surface area contributed by atoms with Gasteiger partial charge in [-0.1, -0.05) is 17.7 Å². The number of hydrogen-bond donors (Lipinski definition) is 1. The lowest BCUT2D eigenvalue weighted by molar-refractivity contribution is 0.0343. The first-order chi connectivity index (χ1) is 9.78. The van der Waals surface area contributed by atoms with E-state index in [4.69, 9.17) is 16.3 Å². The van der Waals surface area contributed by atoms with Crippen LogP contribution in [0.25, 0.3) is 0 Å². The van der Waals surface area contributed by atoms with E-state index in [1.165, 1.54) is 11.3 Å². The molecule has 1 fully saturated rings. The Morgan fingerprint density at radius 2 is 2.05 bits per heavy atom. The Morgan fingerprint density at radius 1 is 1.33 bits per heavy atom. The lowest BCUT2D eigenvalue weighted by Gasteiger charge is -2.40. The highest BCUT2D eigenvalue weighted by molar-refractivity contribution is 6.31. The summed E-state index contributed by atoms with van der Waals surface area (Å²) in [6.45, 7) is 13.3. The maximum Gasteiger partial charge on any atom is 0.0723 e. The number of anilines is 1. The maximum absolute atomic E-state index is 6.46. The number of nitrogens with one attached hydrogen (secondary N) is 1. The SMILES string of the molecule is CC1CN(c2cccc(Cl)c2CNC(C)(C)C)C(C)CO1. The van der Waals surface area contributed by atoms with Crippen LogP contribution < -0.4 is 10.2 Å². The molecular formula is C17H27ClN2O. The van der Waals surface area contributed by atoms with Crippen molar-refractivity contribution in [2.24, 2.45) is 0 Å². The van der Waals surface area contributed by atoms with Gasteiger partial charge in [-0.2, -0.15) is 0 Å². The molecule has 2 rings (SSSR count). The molecule has 1 heterocycles. The van der Waals surface area contributed by atoms with Crippen LogP contribution >= 0.6 is 11.6 Å². The minimum atomic E-state index is 0.0698. The summed E-state index contributed by atoms with van der Waals surface area (Å²) in [7, 11) is 0. The van der Waals surface area contributed by atoms with Gasteiger partial charge in [0.2, 0.25) is 0 Å². The second-order valence-electron chi connectivity index (χ2n) is 6.99. The molecule has 0 aliphatic carbocycles. The van der Waals surface area contributed by atoms with Gasteiger partial charge in [-0.3, -0.25) is 0 Å². The first kappa shape index (κ1) is 16.6. The van der Waals surface area contributed by atoms with Crippen LogP contribution in [-0.2, 0) is 11.3 Å². The molecule has 1 N–H and O–H groups in total. The van der Waals surface area contributed by atoms with E-state index in [9.17, 15) is 0 Å². The largest absolute Gasteiger partial charge is 0.375 e. The molecule has 0 saturated carbocycles. The van der Waals surface area contributed by atoms with Crippen LogP contribution in [0.5, 0.6) is 0 Å². The molecule has 2 unspecified atom stereocenters.